The molecule has 8 heteroatoms. The molecule has 3 aromatic carbocycles. The van der Waals surface area contributed by atoms with Crippen molar-refractivity contribution in [3.8, 4) is 11.5 Å². The van der Waals surface area contributed by atoms with Crippen LogP contribution < -0.4 is 14.9 Å². The summed E-state index contributed by atoms with van der Waals surface area (Å²) < 4.78 is 16.8. The Balaban J connectivity index is 1.43. The van der Waals surface area contributed by atoms with Crippen molar-refractivity contribution in [1.29, 1.82) is 0 Å². The monoisotopic (exact) mass is 468 g/mol. The Labute approximate surface area is 194 Å². The number of hydrazone groups is 1. The van der Waals surface area contributed by atoms with Crippen LogP contribution in [0.4, 0.5) is 0 Å². The quantitative estimate of drug-likeness (QED) is 0.263. The summed E-state index contributed by atoms with van der Waals surface area (Å²) >= 11 is 12.0. The highest BCUT2D eigenvalue weighted by Crippen LogP contribution is 2.28. The van der Waals surface area contributed by atoms with Crippen molar-refractivity contribution in [2.24, 2.45) is 5.10 Å². The number of furan rings is 1. The van der Waals surface area contributed by atoms with E-state index in [1.54, 1.807) is 31.4 Å². The van der Waals surface area contributed by atoms with Crippen molar-refractivity contribution in [3.05, 3.63) is 93.7 Å². The normalized spacial score (nSPS) is 11.1. The molecule has 0 bridgehead atoms. The van der Waals surface area contributed by atoms with E-state index in [-0.39, 0.29) is 5.76 Å². The predicted octanol–water partition coefficient (Wildman–Crippen LogP) is 6.09. The molecule has 4 rings (SSSR count). The summed E-state index contributed by atoms with van der Waals surface area (Å²) in [4.78, 5) is 12.4. The molecular formula is C24H18Cl2N2O4. The summed E-state index contributed by atoms with van der Waals surface area (Å²) in [5, 5.41) is 5.75. The third-order valence-electron chi connectivity index (χ3n) is 4.62. The molecule has 6 nitrogen and oxygen atoms in total. The average Bonchev–Trinajstić information content (AvgIpc) is 3.25. The number of carbonyl (C=O) groups excluding carboxylic acids is 1. The fourth-order valence-corrected chi connectivity index (χ4v) is 3.35. The summed E-state index contributed by atoms with van der Waals surface area (Å²) in [6, 6.07) is 19.7. The van der Waals surface area contributed by atoms with Gasteiger partial charge in [0, 0.05) is 10.9 Å². The van der Waals surface area contributed by atoms with Crippen LogP contribution in [0.5, 0.6) is 11.5 Å². The van der Waals surface area contributed by atoms with Crippen LogP contribution in [0.25, 0.3) is 11.0 Å². The molecule has 32 heavy (non-hydrogen) atoms. The summed E-state index contributed by atoms with van der Waals surface area (Å²) in [6.07, 6.45) is 1.51. The highest BCUT2D eigenvalue weighted by atomic mass is 35.5. The third kappa shape index (κ3) is 4.88. The molecule has 162 valence electrons. The van der Waals surface area contributed by atoms with Crippen LogP contribution >= 0.6 is 23.2 Å². The smallest absolute Gasteiger partial charge is 0.307 e. The van der Waals surface area contributed by atoms with Crippen molar-refractivity contribution >= 4 is 46.3 Å². The zero-order valence-corrected chi connectivity index (χ0v) is 18.5. The number of halogens is 2. The van der Waals surface area contributed by atoms with Gasteiger partial charge in [-0.15, -0.1) is 0 Å². The van der Waals surface area contributed by atoms with Crippen LogP contribution in [0.15, 0.2) is 76.2 Å². The minimum atomic E-state index is -0.478. The molecule has 0 radical (unpaired) electrons. The van der Waals surface area contributed by atoms with Gasteiger partial charge in [0.05, 0.1) is 23.4 Å². The first-order valence-corrected chi connectivity index (χ1v) is 10.4. The van der Waals surface area contributed by atoms with Crippen LogP contribution in [-0.2, 0) is 6.61 Å². The number of hydrogen-bond acceptors (Lipinski definition) is 5. The number of fused-ring (bicyclic) bond motifs is 1. The maximum absolute atomic E-state index is 12.4. The third-order valence-corrected chi connectivity index (χ3v) is 5.36. The van der Waals surface area contributed by atoms with Gasteiger partial charge in [-0.2, -0.15) is 5.10 Å². The summed E-state index contributed by atoms with van der Waals surface area (Å²) in [7, 11) is 1.54. The number of amides is 1. The lowest BCUT2D eigenvalue weighted by molar-refractivity contribution is 0.0929. The van der Waals surface area contributed by atoms with Gasteiger partial charge in [0.25, 0.3) is 0 Å². The molecule has 1 heterocycles. The number of hydrogen-bond donors (Lipinski definition) is 1. The first-order chi connectivity index (χ1) is 15.5. The van der Waals surface area contributed by atoms with E-state index in [0.29, 0.717) is 39.3 Å². The lowest BCUT2D eigenvalue weighted by Gasteiger charge is -2.09. The van der Waals surface area contributed by atoms with Gasteiger partial charge >= 0.3 is 5.91 Å². The second-order valence-electron chi connectivity index (χ2n) is 6.76. The highest BCUT2D eigenvalue weighted by molar-refractivity contribution is 6.42. The zero-order chi connectivity index (χ0) is 22.5. The van der Waals surface area contributed by atoms with E-state index in [9.17, 15) is 4.79 Å². The van der Waals surface area contributed by atoms with E-state index in [4.69, 9.17) is 37.1 Å². The standard InChI is InChI=1S/C24H18Cl2N2O4/c1-30-21-8-4-6-16-12-22(32-23(16)21)24(29)28-27-13-17-5-2-3-7-20(17)31-14-15-9-10-18(25)19(26)11-15/h2-13H,14H2,1H3,(H,28,29)/b27-13-. The lowest BCUT2D eigenvalue weighted by Crippen LogP contribution is -2.16. The summed E-state index contributed by atoms with van der Waals surface area (Å²) in [5.41, 5.74) is 4.54. The van der Waals surface area contributed by atoms with Gasteiger partial charge < -0.3 is 13.9 Å². The van der Waals surface area contributed by atoms with E-state index in [2.05, 4.69) is 10.5 Å². The maximum atomic E-state index is 12.4. The Morgan fingerprint density at radius 2 is 1.84 bits per heavy atom. The van der Waals surface area contributed by atoms with Crippen LogP contribution in [-0.4, -0.2) is 19.2 Å². The van der Waals surface area contributed by atoms with E-state index in [1.807, 2.05) is 42.5 Å². The zero-order valence-electron chi connectivity index (χ0n) is 17.0. The molecule has 0 saturated carbocycles. The number of rotatable bonds is 7. The van der Waals surface area contributed by atoms with Crippen molar-refractivity contribution in [3.63, 3.8) is 0 Å². The Bertz CT molecular complexity index is 1300. The SMILES string of the molecule is COc1cccc2cc(C(=O)N/N=C\c3ccccc3OCc3ccc(Cl)c(Cl)c3)oc12. The molecule has 0 aliphatic heterocycles. The summed E-state index contributed by atoms with van der Waals surface area (Å²) in [6.45, 7) is 0.301. The Kier molecular flexibility index (Phi) is 6.63. The Morgan fingerprint density at radius 3 is 2.66 bits per heavy atom. The molecule has 4 aromatic rings. The minimum absolute atomic E-state index is 0.130. The van der Waals surface area contributed by atoms with Crippen molar-refractivity contribution in [2.45, 2.75) is 6.61 Å². The van der Waals surface area contributed by atoms with Gasteiger partial charge in [0.15, 0.2) is 17.1 Å². The number of para-hydroxylation sites is 2. The van der Waals surface area contributed by atoms with Gasteiger partial charge in [0.1, 0.15) is 12.4 Å². The van der Waals surface area contributed by atoms with Gasteiger partial charge in [-0.25, -0.2) is 5.43 Å². The molecule has 0 spiro atoms. The number of benzene rings is 3. The number of nitrogens with zero attached hydrogens (tertiary/aromatic N) is 1. The van der Waals surface area contributed by atoms with Crippen LogP contribution in [0.3, 0.4) is 0 Å². The Morgan fingerprint density at radius 1 is 1.03 bits per heavy atom. The fraction of sp³-hybridized carbons (Fsp3) is 0.0833. The first kappa shape index (κ1) is 21.7. The van der Waals surface area contributed by atoms with Crippen LogP contribution in [0, 0.1) is 0 Å². The van der Waals surface area contributed by atoms with E-state index >= 15 is 0 Å². The topological polar surface area (TPSA) is 73.1 Å². The van der Waals surface area contributed by atoms with E-state index in [0.717, 1.165) is 10.9 Å². The molecule has 1 N–H and O–H groups in total. The lowest BCUT2D eigenvalue weighted by atomic mass is 10.2. The number of methoxy groups -OCH3 is 1. The van der Waals surface area contributed by atoms with Gasteiger partial charge in [-0.05, 0) is 42.0 Å². The molecule has 1 aromatic heterocycles. The molecule has 0 saturated heterocycles. The van der Waals surface area contributed by atoms with Crippen molar-refractivity contribution < 1.29 is 18.7 Å². The summed E-state index contributed by atoms with van der Waals surface area (Å²) in [5.74, 6) is 0.808. The number of nitrogens with one attached hydrogen (secondary N) is 1. The van der Waals surface area contributed by atoms with E-state index in [1.165, 1.54) is 6.21 Å². The molecule has 1 amide bonds. The number of ether oxygens (including phenoxy) is 2. The molecule has 0 aliphatic rings. The maximum Gasteiger partial charge on any atom is 0.307 e. The second-order valence-corrected chi connectivity index (χ2v) is 7.58. The average molecular weight is 469 g/mol. The minimum Gasteiger partial charge on any atom is -0.493 e. The van der Waals surface area contributed by atoms with Crippen LogP contribution in [0.2, 0.25) is 10.0 Å². The fourth-order valence-electron chi connectivity index (χ4n) is 3.03. The highest BCUT2D eigenvalue weighted by Gasteiger charge is 2.14. The molecular weight excluding hydrogens is 451 g/mol. The molecule has 0 fully saturated rings. The molecule has 0 aliphatic carbocycles. The molecule has 0 atom stereocenters. The van der Waals surface area contributed by atoms with Crippen molar-refractivity contribution in [2.75, 3.05) is 7.11 Å². The van der Waals surface area contributed by atoms with Crippen molar-refractivity contribution in [1.82, 2.24) is 5.43 Å². The predicted molar refractivity (Wildman–Crippen MR) is 125 cm³/mol. The van der Waals surface area contributed by atoms with Crippen LogP contribution in [0.1, 0.15) is 21.7 Å². The first-order valence-electron chi connectivity index (χ1n) is 9.61. The van der Waals surface area contributed by atoms with Gasteiger partial charge in [-0.1, -0.05) is 53.5 Å². The van der Waals surface area contributed by atoms with E-state index < -0.39 is 5.91 Å². The molecule has 0 unspecified atom stereocenters. The second kappa shape index (κ2) is 9.77. The van der Waals surface area contributed by atoms with Gasteiger partial charge in [0.2, 0.25) is 0 Å². The van der Waals surface area contributed by atoms with Gasteiger partial charge in [-0.3, -0.25) is 4.79 Å². The largest absolute Gasteiger partial charge is 0.493 e. The Hall–Kier alpha value is -3.48. The number of carbonyl (C=O) groups is 1.